The third kappa shape index (κ3) is 2.28. The average Bonchev–Trinajstić information content (AvgIpc) is 1.36. The van der Waals surface area contributed by atoms with Crippen molar-refractivity contribution in [2.24, 2.45) is 0 Å². The SMILES string of the molecule is O=S(O)C(O)O. The van der Waals surface area contributed by atoms with E-state index < -0.39 is 16.7 Å². The molecule has 4 nitrogen and oxygen atoms in total. The summed E-state index contributed by atoms with van der Waals surface area (Å²) in [7, 11) is 0. The quantitative estimate of drug-likeness (QED) is 0.284. The molecular weight excluding hydrogens is 108 g/mol. The topological polar surface area (TPSA) is 77.8 Å². The third-order valence-corrected chi connectivity index (χ3v) is 0.541. The van der Waals surface area contributed by atoms with Crippen LogP contribution in [0.5, 0.6) is 0 Å². The summed E-state index contributed by atoms with van der Waals surface area (Å²) in [6.07, 6.45) is 0. The number of aliphatic hydroxyl groups is 2. The smallest absolute Gasteiger partial charge is 0.257 e. The number of hydrogen-bond acceptors (Lipinski definition) is 3. The molecule has 0 aromatic heterocycles. The largest absolute Gasteiger partial charge is 0.356 e. The van der Waals surface area contributed by atoms with Crippen molar-refractivity contribution in [3.05, 3.63) is 0 Å². The highest BCUT2D eigenvalue weighted by Crippen LogP contribution is 1.75. The normalized spacial score (nSPS) is 15.3. The summed E-state index contributed by atoms with van der Waals surface area (Å²) < 4.78 is 16.9. The van der Waals surface area contributed by atoms with E-state index in [0.717, 1.165) is 0 Å². The van der Waals surface area contributed by atoms with Crippen LogP contribution in [-0.4, -0.2) is 24.6 Å². The van der Waals surface area contributed by atoms with E-state index in [0.29, 0.717) is 0 Å². The highest BCUT2D eigenvalue weighted by atomic mass is 32.2. The van der Waals surface area contributed by atoms with E-state index in [1.807, 2.05) is 0 Å². The zero-order chi connectivity index (χ0) is 5.15. The molecule has 0 aliphatic carbocycles. The molecule has 3 N–H and O–H groups in total. The second-order valence-corrected chi connectivity index (χ2v) is 1.58. The fourth-order valence-corrected chi connectivity index (χ4v) is 0. The zero-order valence-electron chi connectivity index (χ0n) is 2.74. The molecule has 0 radical (unpaired) electrons. The van der Waals surface area contributed by atoms with Gasteiger partial charge in [0.05, 0.1) is 0 Å². The third-order valence-electron chi connectivity index (χ3n) is 0.180. The van der Waals surface area contributed by atoms with Gasteiger partial charge < -0.3 is 14.8 Å². The number of rotatable bonds is 1. The van der Waals surface area contributed by atoms with E-state index in [2.05, 4.69) is 0 Å². The van der Waals surface area contributed by atoms with E-state index in [-0.39, 0.29) is 0 Å². The van der Waals surface area contributed by atoms with E-state index in [1.165, 1.54) is 0 Å². The Morgan fingerprint density at radius 3 is 1.67 bits per heavy atom. The van der Waals surface area contributed by atoms with Crippen LogP contribution in [0.25, 0.3) is 0 Å². The molecule has 0 amide bonds. The van der Waals surface area contributed by atoms with Crippen molar-refractivity contribution in [2.45, 2.75) is 5.62 Å². The first-order valence-electron chi connectivity index (χ1n) is 1.10. The molecule has 0 aromatic carbocycles. The van der Waals surface area contributed by atoms with Crippen LogP contribution in [-0.2, 0) is 11.1 Å². The van der Waals surface area contributed by atoms with Gasteiger partial charge >= 0.3 is 0 Å². The molecule has 0 aliphatic heterocycles. The van der Waals surface area contributed by atoms with Crippen LogP contribution in [0.2, 0.25) is 0 Å². The maximum absolute atomic E-state index is 9.31. The molecule has 0 saturated heterocycles. The summed E-state index contributed by atoms with van der Waals surface area (Å²) in [5.41, 5.74) is -2.12. The van der Waals surface area contributed by atoms with Gasteiger partial charge in [0, 0.05) is 0 Å². The molecule has 1 atom stereocenters. The van der Waals surface area contributed by atoms with E-state index in [4.69, 9.17) is 14.8 Å². The summed E-state index contributed by atoms with van der Waals surface area (Å²) in [6.45, 7) is 0. The van der Waals surface area contributed by atoms with Gasteiger partial charge in [-0.1, -0.05) is 0 Å². The van der Waals surface area contributed by atoms with Gasteiger partial charge in [-0.25, -0.2) is 4.21 Å². The van der Waals surface area contributed by atoms with Crippen LogP contribution in [0.1, 0.15) is 0 Å². The molecule has 0 fully saturated rings. The molecule has 0 spiro atoms. The summed E-state index contributed by atoms with van der Waals surface area (Å²) in [5.74, 6) is 0. The minimum absolute atomic E-state index is 2.12. The van der Waals surface area contributed by atoms with Gasteiger partial charge in [-0.05, 0) is 0 Å². The van der Waals surface area contributed by atoms with Gasteiger partial charge in [0.15, 0.2) is 0 Å². The van der Waals surface area contributed by atoms with Crippen molar-refractivity contribution in [3.63, 3.8) is 0 Å². The van der Waals surface area contributed by atoms with Gasteiger partial charge in [0.1, 0.15) is 0 Å². The Morgan fingerprint density at radius 1 is 1.50 bits per heavy atom. The van der Waals surface area contributed by atoms with E-state index in [9.17, 15) is 4.21 Å². The van der Waals surface area contributed by atoms with Crippen LogP contribution in [0, 0.1) is 0 Å². The standard InChI is InChI=1S/CH4O4S/c2-1(3)6(4)5/h1-3H,(H,4,5). The highest BCUT2D eigenvalue weighted by Gasteiger charge is 2.00. The molecule has 0 saturated carbocycles. The van der Waals surface area contributed by atoms with Crippen molar-refractivity contribution in [1.29, 1.82) is 0 Å². The Bertz CT molecular complexity index is 58.6. The van der Waals surface area contributed by atoms with Crippen LogP contribution in [0.4, 0.5) is 0 Å². The van der Waals surface area contributed by atoms with Gasteiger partial charge in [-0.15, -0.1) is 0 Å². The summed E-state index contributed by atoms with van der Waals surface area (Å²) in [5, 5.41) is 15.3. The van der Waals surface area contributed by atoms with Crippen molar-refractivity contribution in [1.82, 2.24) is 0 Å². The van der Waals surface area contributed by atoms with Crippen molar-refractivity contribution in [3.8, 4) is 0 Å². The zero-order valence-corrected chi connectivity index (χ0v) is 3.55. The van der Waals surface area contributed by atoms with Gasteiger partial charge in [0.25, 0.3) is 5.62 Å². The first-order chi connectivity index (χ1) is 2.64. The summed E-state index contributed by atoms with van der Waals surface area (Å²) in [4.78, 5) is 0. The molecule has 0 heterocycles. The first-order valence-corrected chi connectivity index (χ1v) is 2.27. The Morgan fingerprint density at radius 2 is 1.67 bits per heavy atom. The Labute approximate surface area is 36.7 Å². The maximum Gasteiger partial charge on any atom is 0.257 e. The van der Waals surface area contributed by atoms with Gasteiger partial charge in [-0.3, -0.25) is 0 Å². The minimum atomic E-state index is -2.51. The predicted molar refractivity (Wildman–Crippen MR) is 19.0 cm³/mol. The Kier molecular flexibility index (Phi) is 2.26. The summed E-state index contributed by atoms with van der Waals surface area (Å²) in [6, 6.07) is 0. The lowest BCUT2D eigenvalue weighted by Crippen LogP contribution is -2.10. The summed E-state index contributed by atoms with van der Waals surface area (Å²) >= 11 is -2.51. The molecule has 0 bridgehead atoms. The molecule has 0 aromatic rings. The predicted octanol–water partition coefficient (Wildman–Crippen LogP) is -1.52. The fraction of sp³-hybridized carbons (Fsp3) is 1.00. The Hall–Kier alpha value is 0.0300. The number of hydrogen-bond donors (Lipinski definition) is 3. The molecule has 5 heteroatoms. The second-order valence-electron chi connectivity index (χ2n) is 0.602. The monoisotopic (exact) mass is 112 g/mol. The fourth-order valence-electron chi connectivity index (χ4n) is 0. The molecular formula is CH4O4S. The molecule has 0 aliphatic rings. The van der Waals surface area contributed by atoms with Gasteiger partial charge in [-0.2, -0.15) is 0 Å². The maximum atomic E-state index is 9.31. The molecule has 0 rings (SSSR count). The van der Waals surface area contributed by atoms with Crippen LogP contribution < -0.4 is 0 Å². The van der Waals surface area contributed by atoms with Gasteiger partial charge in [0.2, 0.25) is 11.1 Å². The minimum Gasteiger partial charge on any atom is -0.356 e. The lowest BCUT2D eigenvalue weighted by Gasteiger charge is -1.89. The van der Waals surface area contributed by atoms with E-state index >= 15 is 0 Å². The van der Waals surface area contributed by atoms with Crippen LogP contribution in [0.15, 0.2) is 0 Å². The number of aliphatic hydroxyl groups excluding tert-OH is 1. The highest BCUT2D eigenvalue weighted by molar-refractivity contribution is 7.79. The first kappa shape index (κ1) is 6.03. The second kappa shape index (κ2) is 2.25. The lowest BCUT2D eigenvalue weighted by molar-refractivity contribution is 0.0299. The van der Waals surface area contributed by atoms with Crippen molar-refractivity contribution in [2.75, 3.05) is 0 Å². The average molecular weight is 112 g/mol. The molecule has 6 heavy (non-hydrogen) atoms. The van der Waals surface area contributed by atoms with Crippen LogP contribution >= 0.6 is 0 Å². The van der Waals surface area contributed by atoms with Crippen molar-refractivity contribution >= 4 is 11.1 Å². The van der Waals surface area contributed by atoms with Crippen molar-refractivity contribution < 1.29 is 19.0 Å². The molecule has 38 valence electrons. The molecule has 1 unspecified atom stereocenters. The Balaban J connectivity index is 3.26. The van der Waals surface area contributed by atoms with Crippen LogP contribution in [0.3, 0.4) is 0 Å². The lowest BCUT2D eigenvalue weighted by atomic mass is 11.5. The van der Waals surface area contributed by atoms with E-state index in [1.54, 1.807) is 0 Å².